The summed E-state index contributed by atoms with van der Waals surface area (Å²) in [7, 11) is 0. The number of benzene rings is 1. The highest BCUT2D eigenvalue weighted by Gasteiger charge is 2.60. The molecule has 1 aromatic rings. The minimum atomic E-state index is -0.243. The van der Waals surface area contributed by atoms with Gasteiger partial charge >= 0.3 is 0 Å². The molecule has 1 aliphatic heterocycles. The fourth-order valence-electron chi connectivity index (χ4n) is 4.19. The normalized spacial score (nSPS) is 25.5. The van der Waals surface area contributed by atoms with Gasteiger partial charge in [0, 0.05) is 19.6 Å². The Hall–Kier alpha value is -1.72. The molecule has 1 aliphatic carbocycles. The summed E-state index contributed by atoms with van der Waals surface area (Å²) >= 11 is 0. The summed E-state index contributed by atoms with van der Waals surface area (Å²) in [5, 5.41) is 3.17. The van der Waals surface area contributed by atoms with E-state index >= 15 is 0 Å². The Morgan fingerprint density at radius 2 is 1.93 bits per heavy atom. The van der Waals surface area contributed by atoms with Crippen LogP contribution in [-0.2, 0) is 9.53 Å². The van der Waals surface area contributed by atoms with Gasteiger partial charge in [0.05, 0.1) is 25.2 Å². The Balaban J connectivity index is 1.68. The third-order valence-electron chi connectivity index (χ3n) is 5.92. The van der Waals surface area contributed by atoms with Gasteiger partial charge in [-0.05, 0) is 42.9 Å². The molecule has 3 unspecified atom stereocenters. The van der Waals surface area contributed by atoms with E-state index in [-0.39, 0.29) is 29.1 Å². The number of halogens is 1. The quantitative estimate of drug-likeness (QED) is 0.774. The van der Waals surface area contributed by atoms with E-state index in [1.165, 1.54) is 17.7 Å². The lowest BCUT2D eigenvalue weighted by molar-refractivity contribution is -0.123. The van der Waals surface area contributed by atoms with Gasteiger partial charge in [-0.25, -0.2) is 4.39 Å². The molecule has 0 bridgehead atoms. The Kier molecular flexibility index (Phi) is 6.02. The van der Waals surface area contributed by atoms with Crippen LogP contribution in [0.2, 0.25) is 0 Å². The second-order valence-corrected chi connectivity index (χ2v) is 8.53. The molecule has 1 amide bonds. The van der Waals surface area contributed by atoms with Crippen LogP contribution < -0.4 is 5.32 Å². The Bertz CT molecular complexity index is 689. The van der Waals surface area contributed by atoms with Crippen LogP contribution in [0.5, 0.6) is 0 Å². The van der Waals surface area contributed by atoms with E-state index in [0.29, 0.717) is 25.7 Å². The largest absolute Gasteiger partial charge is 0.379 e. The zero-order valence-corrected chi connectivity index (χ0v) is 16.8. The maximum Gasteiger partial charge on any atom is 0.224 e. The van der Waals surface area contributed by atoms with Crippen LogP contribution in [0.25, 0.3) is 0 Å². The van der Waals surface area contributed by atoms with Crippen molar-refractivity contribution in [2.24, 2.45) is 17.3 Å². The summed E-state index contributed by atoms with van der Waals surface area (Å²) < 4.78 is 18.8. The number of carbonyl (C=O) groups is 1. The number of amides is 1. The second-order valence-electron chi connectivity index (χ2n) is 8.53. The van der Waals surface area contributed by atoms with E-state index in [9.17, 15) is 9.18 Å². The second kappa shape index (κ2) is 8.11. The summed E-state index contributed by atoms with van der Waals surface area (Å²) in [4.78, 5) is 15.2. The number of morpholine rings is 1. The summed E-state index contributed by atoms with van der Waals surface area (Å²) in [6.07, 6.45) is 2.21. The maximum absolute atomic E-state index is 13.3. The fraction of sp³-hybridized carbons (Fsp3) is 0.591. The van der Waals surface area contributed by atoms with Gasteiger partial charge in [0.1, 0.15) is 5.82 Å². The highest BCUT2D eigenvalue weighted by molar-refractivity contribution is 5.83. The average molecular weight is 375 g/mol. The van der Waals surface area contributed by atoms with Gasteiger partial charge < -0.3 is 10.1 Å². The van der Waals surface area contributed by atoms with Gasteiger partial charge in [0.2, 0.25) is 5.91 Å². The molecule has 2 aliphatic rings. The number of carbonyl (C=O) groups excluding carboxylic acids is 1. The minimum absolute atomic E-state index is 0.00564. The van der Waals surface area contributed by atoms with Gasteiger partial charge in [0.15, 0.2) is 0 Å². The van der Waals surface area contributed by atoms with E-state index in [4.69, 9.17) is 4.74 Å². The fourth-order valence-corrected chi connectivity index (χ4v) is 4.19. The number of hydrogen-bond acceptors (Lipinski definition) is 3. The third kappa shape index (κ3) is 4.58. The Morgan fingerprint density at radius 3 is 2.52 bits per heavy atom. The molecular formula is C22H31FN2O2. The average Bonchev–Trinajstić information content (AvgIpc) is 3.16. The molecule has 5 heteroatoms. The molecule has 1 heterocycles. The molecule has 1 saturated heterocycles. The van der Waals surface area contributed by atoms with Crippen LogP contribution in [0.15, 0.2) is 35.9 Å². The predicted molar refractivity (Wildman–Crippen MR) is 105 cm³/mol. The van der Waals surface area contributed by atoms with Crippen molar-refractivity contribution in [3.8, 4) is 0 Å². The summed E-state index contributed by atoms with van der Waals surface area (Å²) in [6, 6.07) is 6.63. The van der Waals surface area contributed by atoms with Crippen molar-refractivity contribution < 1.29 is 13.9 Å². The number of hydrogen-bond donors (Lipinski definition) is 1. The summed E-state index contributed by atoms with van der Waals surface area (Å²) in [5.74, 6) is 0.191. The maximum atomic E-state index is 13.3. The molecule has 3 rings (SSSR count). The van der Waals surface area contributed by atoms with Crippen LogP contribution >= 0.6 is 0 Å². The summed E-state index contributed by atoms with van der Waals surface area (Å²) in [6.45, 7) is 12.0. The van der Waals surface area contributed by atoms with Gasteiger partial charge in [-0.3, -0.25) is 9.69 Å². The molecule has 0 aromatic heterocycles. The number of rotatable bonds is 6. The lowest BCUT2D eigenvalue weighted by Gasteiger charge is -2.35. The lowest BCUT2D eigenvalue weighted by atomic mass is 10.0. The van der Waals surface area contributed by atoms with Crippen molar-refractivity contribution in [1.29, 1.82) is 0 Å². The monoisotopic (exact) mass is 374 g/mol. The van der Waals surface area contributed by atoms with Gasteiger partial charge in [-0.2, -0.15) is 0 Å². The van der Waals surface area contributed by atoms with E-state index in [1.807, 2.05) is 12.1 Å². The molecule has 4 nitrogen and oxygen atoms in total. The Labute approximate surface area is 161 Å². The van der Waals surface area contributed by atoms with Gasteiger partial charge in [0.25, 0.3) is 0 Å². The summed E-state index contributed by atoms with van der Waals surface area (Å²) in [5.41, 5.74) is 2.28. The highest BCUT2D eigenvalue weighted by Crippen LogP contribution is 2.59. The molecule has 3 atom stereocenters. The molecule has 1 aromatic carbocycles. The highest BCUT2D eigenvalue weighted by atomic mass is 19.1. The van der Waals surface area contributed by atoms with Crippen LogP contribution in [0, 0.1) is 23.1 Å². The molecule has 148 valence electrons. The van der Waals surface area contributed by atoms with E-state index in [1.54, 1.807) is 0 Å². The van der Waals surface area contributed by atoms with Gasteiger partial charge in [-0.15, -0.1) is 0 Å². The Morgan fingerprint density at radius 1 is 1.30 bits per heavy atom. The molecule has 27 heavy (non-hydrogen) atoms. The van der Waals surface area contributed by atoms with E-state index in [2.05, 4.69) is 44.0 Å². The first-order valence-corrected chi connectivity index (χ1v) is 9.80. The van der Waals surface area contributed by atoms with Gasteiger partial charge in [-0.1, -0.05) is 37.6 Å². The van der Waals surface area contributed by atoms with Crippen molar-refractivity contribution in [1.82, 2.24) is 10.2 Å². The number of ether oxygens (including phenoxy) is 1. The van der Waals surface area contributed by atoms with Crippen LogP contribution in [0.4, 0.5) is 4.39 Å². The smallest absolute Gasteiger partial charge is 0.224 e. The van der Waals surface area contributed by atoms with Crippen molar-refractivity contribution >= 4 is 5.91 Å². The molecular weight excluding hydrogens is 343 g/mol. The van der Waals surface area contributed by atoms with E-state index < -0.39 is 0 Å². The molecule has 1 saturated carbocycles. The number of nitrogens with zero attached hydrogens (tertiary/aromatic N) is 1. The predicted octanol–water partition coefficient (Wildman–Crippen LogP) is 3.55. The van der Waals surface area contributed by atoms with E-state index in [0.717, 1.165) is 18.7 Å². The zero-order chi connectivity index (χ0) is 19.6. The first-order chi connectivity index (χ1) is 12.8. The molecule has 0 spiro atoms. The first-order valence-electron chi connectivity index (χ1n) is 9.80. The number of allylic oxidation sites excluding steroid dienone is 2. The first kappa shape index (κ1) is 20.0. The topological polar surface area (TPSA) is 41.6 Å². The van der Waals surface area contributed by atoms with Crippen LogP contribution in [-0.4, -0.2) is 43.7 Å². The van der Waals surface area contributed by atoms with Crippen LogP contribution in [0.1, 0.15) is 39.3 Å². The third-order valence-corrected chi connectivity index (χ3v) is 5.92. The zero-order valence-electron chi connectivity index (χ0n) is 16.8. The van der Waals surface area contributed by atoms with Crippen molar-refractivity contribution in [3.05, 3.63) is 47.3 Å². The van der Waals surface area contributed by atoms with Crippen LogP contribution in [0.3, 0.4) is 0 Å². The SMILES string of the molecule is CC(C)=CC1C(C(=O)NCC(c2ccc(F)cc2)N2CCOCC2)C1(C)C. The minimum Gasteiger partial charge on any atom is -0.379 e. The molecule has 2 fully saturated rings. The lowest BCUT2D eigenvalue weighted by Crippen LogP contribution is -2.44. The van der Waals surface area contributed by atoms with Crippen molar-refractivity contribution in [3.63, 3.8) is 0 Å². The molecule has 1 N–H and O–H groups in total. The van der Waals surface area contributed by atoms with Crippen molar-refractivity contribution in [2.75, 3.05) is 32.8 Å². The standard InChI is InChI=1S/C22H31FN2O2/c1-15(2)13-18-20(22(18,3)4)21(26)24-14-19(25-9-11-27-12-10-25)16-5-7-17(23)8-6-16/h5-8,13,18-20H,9-12,14H2,1-4H3,(H,24,26). The van der Waals surface area contributed by atoms with Crippen molar-refractivity contribution in [2.45, 2.75) is 33.7 Å². The molecule has 0 radical (unpaired) electrons. The number of nitrogens with one attached hydrogen (secondary N) is 1.